The van der Waals surface area contributed by atoms with E-state index in [0.717, 1.165) is 25.9 Å². The van der Waals surface area contributed by atoms with Crippen molar-refractivity contribution in [1.82, 2.24) is 5.32 Å². The third kappa shape index (κ3) is 2.57. The first-order valence-electron chi connectivity index (χ1n) is 5.98. The van der Waals surface area contributed by atoms with Gasteiger partial charge in [0.05, 0.1) is 4.92 Å². The quantitative estimate of drug-likeness (QED) is 0.676. The maximum absolute atomic E-state index is 11.1. The van der Waals surface area contributed by atoms with E-state index in [1.54, 1.807) is 18.2 Å². The Morgan fingerprint density at radius 1 is 1.56 bits per heavy atom. The van der Waals surface area contributed by atoms with Crippen LogP contribution in [0.1, 0.15) is 12.8 Å². The van der Waals surface area contributed by atoms with E-state index in [9.17, 15) is 10.1 Å². The van der Waals surface area contributed by atoms with Gasteiger partial charge in [0.2, 0.25) is 0 Å². The van der Waals surface area contributed by atoms with Crippen molar-refractivity contribution in [1.29, 1.82) is 0 Å². The Kier molecular flexibility index (Phi) is 4.04. The molecule has 1 unspecified atom stereocenters. The lowest BCUT2D eigenvalue weighted by Crippen LogP contribution is -2.44. The van der Waals surface area contributed by atoms with Gasteiger partial charge < -0.3 is 10.2 Å². The molecule has 1 fully saturated rings. The molecule has 0 amide bonds. The first kappa shape index (κ1) is 13.1. The number of hydrogen-bond donors (Lipinski definition) is 1. The fourth-order valence-corrected chi connectivity index (χ4v) is 2.61. The normalized spacial score (nSPS) is 19.9. The fourth-order valence-electron chi connectivity index (χ4n) is 2.37. The van der Waals surface area contributed by atoms with Gasteiger partial charge >= 0.3 is 5.69 Å². The van der Waals surface area contributed by atoms with E-state index in [-0.39, 0.29) is 10.7 Å². The molecule has 1 saturated heterocycles. The molecular formula is C12H16ClN3O2. The largest absolute Gasteiger partial charge is 0.364 e. The van der Waals surface area contributed by atoms with Crippen LogP contribution >= 0.6 is 11.6 Å². The number of rotatable bonds is 3. The molecule has 0 aliphatic carbocycles. The Morgan fingerprint density at radius 2 is 2.33 bits per heavy atom. The molecule has 1 aliphatic heterocycles. The topological polar surface area (TPSA) is 58.4 Å². The molecule has 98 valence electrons. The summed E-state index contributed by atoms with van der Waals surface area (Å²) in [5.41, 5.74) is 0.628. The van der Waals surface area contributed by atoms with Crippen LogP contribution in [0.15, 0.2) is 18.2 Å². The highest BCUT2D eigenvalue weighted by Crippen LogP contribution is 2.36. The summed E-state index contributed by atoms with van der Waals surface area (Å²) in [6.07, 6.45) is 2.12. The van der Waals surface area contributed by atoms with E-state index >= 15 is 0 Å². The van der Waals surface area contributed by atoms with Crippen molar-refractivity contribution in [3.05, 3.63) is 33.3 Å². The van der Waals surface area contributed by atoms with E-state index < -0.39 is 4.92 Å². The summed E-state index contributed by atoms with van der Waals surface area (Å²) < 4.78 is 0. The number of piperidine rings is 1. The third-order valence-corrected chi connectivity index (χ3v) is 3.62. The van der Waals surface area contributed by atoms with Crippen LogP contribution in [0.4, 0.5) is 11.4 Å². The Balaban J connectivity index is 2.32. The lowest BCUT2D eigenvalue weighted by Gasteiger charge is -2.33. The average molecular weight is 270 g/mol. The number of nitrogens with zero attached hydrogens (tertiary/aromatic N) is 2. The number of hydrogen-bond acceptors (Lipinski definition) is 4. The van der Waals surface area contributed by atoms with Crippen LogP contribution in [-0.4, -0.2) is 31.1 Å². The highest BCUT2D eigenvalue weighted by atomic mass is 35.5. The number of nitro benzene ring substituents is 1. The van der Waals surface area contributed by atoms with Gasteiger partial charge in [-0.2, -0.15) is 0 Å². The van der Waals surface area contributed by atoms with Crippen LogP contribution in [0.2, 0.25) is 5.02 Å². The predicted molar refractivity (Wildman–Crippen MR) is 72.4 cm³/mol. The van der Waals surface area contributed by atoms with Crippen molar-refractivity contribution in [2.24, 2.45) is 0 Å². The van der Waals surface area contributed by atoms with Crippen LogP contribution < -0.4 is 10.2 Å². The van der Waals surface area contributed by atoms with E-state index in [4.69, 9.17) is 11.6 Å². The smallest absolute Gasteiger partial charge is 0.310 e. The summed E-state index contributed by atoms with van der Waals surface area (Å²) in [6, 6.07) is 5.45. The minimum atomic E-state index is -0.402. The van der Waals surface area contributed by atoms with Gasteiger partial charge in [0, 0.05) is 19.1 Å². The summed E-state index contributed by atoms with van der Waals surface area (Å²) in [4.78, 5) is 12.7. The molecule has 0 spiro atoms. The number of nitrogens with one attached hydrogen (secondary N) is 1. The zero-order valence-electron chi connectivity index (χ0n) is 10.2. The highest BCUT2D eigenvalue weighted by molar-refractivity contribution is 6.33. The van der Waals surface area contributed by atoms with Gasteiger partial charge in [0.15, 0.2) is 0 Å². The molecule has 0 bridgehead atoms. The zero-order valence-corrected chi connectivity index (χ0v) is 11.0. The SMILES string of the molecule is CNC1CCCN(c2cccc(Cl)c2[N+](=O)[O-])C1. The summed E-state index contributed by atoms with van der Waals surface area (Å²) >= 11 is 5.93. The molecule has 0 aromatic heterocycles. The van der Waals surface area contributed by atoms with Gasteiger partial charge in [-0.1, -0.05) is 17.7 Å². The number of nitro groups is 1. The molecule has 1 aromatic carbocycles. The summed E-state index contributed by atoms with van der Waals surface area (Å²) in [5, 5.41) is 14.5. The standard InChI is InChI=1S/C12H16ClN3O2/c1-14-9-4-3-7-15(8-9)11-6-2-5-10(13)12(11)16(17)18/h2,5-6,9,14H,3-4,7-8H2,1H3. The number of para-hydroxylation sites is 1. The molecule has 0 saturated carbocycles. The summed E-state index contributed by atoms with van der Waals surface area (Å²) in [6.45, 7) is 1.61. The predicted octanol–water partition coefficient (Wildman–Crippen LogP) is 2.44. The molecule has 6 heteroatoms. The van der Waals surface area contributed by atoms with E-state index in [1.165, 1.54) is 0 Å². The van der Waals surface area contributed by atoms with Gasteiger partial charge in [-0.15, -0.1) is 0 Å². The number of anilines is 1. The van der Waals surface area contributed by atoms with Gasteiger partial charge in [0.25, 0.3) is 0 Å². The number of halogens is 1. The van der Waals surface area contributed by atoms with Crippen molar-refractivity contribution >= 4 is 23.0 Å². The van der Waals surface area contributed by atoms with Crippen molar-refractivity contribution in [2.45, 2.75) is 18.9 Å². The first-order valence-corrected chi connectivity index (χ1v) is 6.36. The second-order valence-electron chi connectivity index (χ2n) is 4.44. The van der Waals surface area contributed by atoms with E-state index in [2.05, 4.69) is 5.32 Å². The summed E-state index contributed by atoms with van der Waals surface area (Å²) in [7, 11) is 1.92. The minimum Gasteiger partial charge on any atom is -0.364 e. The molecule has 1 heterocycles. The third-order valence-electron chi connectivity index (χ3n) is 3.32. The Hall–Kier alpha value is -1.33. The van der Waals surface area contributed by atoms with Gasteiger partial charge in [0.1, 0.15) is 10.7 Å². The lowest BCUT2D eigenvalue weighted by molar-refractivity contribution is -0.384. The van der Waals surface area contributed by atoms with E-state index in [0.29, 0.717) is 11.7 Å². The maximum Gasteiger partial charge on any atom is 0.310 e. The average Bonchev–Trinajstić information content (AvgIpc) is 2.38. The number of likely N-dealkylation sites (N-methyl/N-ethyl adjacent to an activating group) is 1. The molecule has 5 nitrogen and oxygen atoms in total. The Morgan fingerprint density at radius 3 is 3.00 bits per heavy atom. The molecule has 18 heavy (non-hydrogen) atoms. The van der Waals surface area contributed by atoms with Crippen molar-refractivity contribution in [3.8, 4) is 0 Å². The fraction of sp³-hybridized carbons (Fsp3) is 0.500. The van der Waals surface area contributed by atoms with Gasteiger partial charge in [-0.25, -0.2) is 0 Å². The molecule has 0 radical (unpaired) electrons. The second-order valence-corrected chi connectivity index (χ2v) is 4.85. The van der Waals surface area contributed by atoms with Crippen LogP contribution in [0, 0.1) is 10.1 Å². The van der Waals surface area contributed by atoms with Crippen molar-refractivity contribution in [3.63, 3.8) is 0 Å². The van der Waals surface area contributed by atoms with Crippen LogP contribution in [-0.2, 0) is 0 Å². The highest BCUT2D eigenvalue weighted by Gasteiger charge is 2.26. The van der Waals surface area contributed by atoms with Crippen LogP contribution in [0.25, 0.3) is 0 Å². The lowest BCUT2D eigenvalue weighted by atomic mass is 10.0. The molecule has 1 N–H and O–H groups in total. The minimum absolute atomic E-state index is 0.0101. The second kappa shape index (κ2) is 5.54. The molecule has 2 rings (SSSR count). The van der Waals surface area contributed by atoms with Crippen LogP contribution in [0.5, 0.6) is 0 Å². The van der Waals surface area contributed by atoms with Crippen molar-refractivity contribution < 1.29 is 4.92 Å². The Bertz CT molecular complexity index is 453. The summed E-state index contributed by atoms with van der Waals surface area (Å²) in [5.74, 6) is 0. The van der Waals surface area contributed by atoms with Gasteiger partial charge in [-0.3, -0.25) is 10.1 Å². The maximum atomic E-state index is 11.1. The van der Waals surface area contributed by atoms with Crippen LogP contribution in [0.3, 0.4) is 0 Å². The first-order chi connectivity index (χ1) is 8.63. The molecular weight excluding hydrogens is 254 g/mol. The number of benzene rings is 1. The van der Waals surface area contributed by atoms with E-state index in [1.807, 2.05) is 11.9 Å². The van der Waals surface area contributed by atoms with Gasteiger partial charge in [-0.05, 0) is 32.0 Å². The zero-order chi connectivity index (χ0) is 13.1. The Labute approximate surface area is 111 Å². The van der Waals surface area contributed by atoms with Crippen molar-refractivity contribution in [2.75, 3.05) is 25.0 Å². The molecule has 1 aromatic rings. The monoisotopic (exact) mass is 269 g/mol. The molecule has 1 aliphatic rings. The molecule has 1 atom stereocenters.